The van der Waals surface area contributed by atoms with Gasteiger partial charge in [0.1, 0.15) is 11.6 Å². The zero-order valence-corrected chi connectivity index (χ0v) is 15.3. The SMILES string of the molecule is CCCC1CCC(c2cc(F)c(-c3ccc(OC)c(F)c3)c(F)c2)CC1. The first kappa shape index (κ1) is 18.8. The van der Waals surface area contributed by atoms with Gasteiger partial charge in [-0.2, -0.15) is 0 Å². The van der Waals surface area contributed by atoms with Crippen molar-refractivity contribution < 1.29 is 17.9 Å². The van der Waals surface area contributed by atoms with Crippen LogP contribution in [-0.4, -0.2) is 7.11 Å². The van der Waals surface area contributed by atoms with E-state index < -0.39 is 17.5 Å². The van der Waals surface area contributed by atoms with Crippen LogP contribution < -0.4 is 4.74 Å². The fourth-order valence-electron chi connectivity index (χ4n) is 4.12. The van der Waals surface area contributed by atoms with Gasteiger partial charge in [0.15, 0.2) is 11.6 Å². The maximum atomic E-state index is 14.7. The topological polar surface area (TPSA) is 9.23 Å². The molecule has 0 spiro atoms. The molecule has 140 valence electrons. The van der Waals surface area contributed by atoms with Crippen molar-refractivity contribution in [3.05, 3.63) is 53.3 Å². The molecule has 2 aromatic carbocycles. The highest BCUT2D eigenvalue weighted by molar-refractivity contribution is 5.66. The van der Waals surface area contributed by atoms with Crippen molar-refractivity contribution >= 4 is 0 Å². The predicted molar refractivity (Wildman–Crippen MR) is 97.9 cm³/mol. The van der Waals surface area contributed by atoms with Crippen molar-refractivity contribution in [2.24, 2.45) is 5.92 Å². The Bertz CT molecular complexity index is 741. The van der Waals surface area contributed by atoms with E-state index in [1.165, 1.54) is 44.2 Å². The molecule has 0 unspecified atom stereocenters. The number of hydrogen-bond acceptors (Lipinski definition) is 1. The normalized spacial score (nSPS) is 20.2. The average Bonchev–Trinajstić information content (AvgIpc) is 2.62. The van der Waals surface area contributed by atoms with Crippen LogP contribution >= 0.6 is 0 Å². The minimum atomic E-state index is -0.639. The average molecular weight is 362 g/mol. The summed E-state index contributed by atoms with van der Waals surface area (Å²) in [4.78, 5) is 0. The molecule has 0 bridgehead atoms. The fraction of sp³-hybridized carbons (Fsp3) is 0.455. The standard InChI is InChI=1S/C22H25F3O/c1-3-4-14-5-7-15(8-6-14)17-12-19(24)22(20(25)13-17)16-9-10-21(26-2)18(23)11-16/h9-15H,3-8H2,1-2H3. The van der Waals surface area contributed by atoms with Gasteiger partial charge in [0, 0.05) is 0 Å². The van der Waals surface area contributed by atoms with Crippen molar-refractivity contribution in [2.75, 3.05) is 7.11 Å². The van der Waals surface area contributed by atoms with E-state index in [4.69, 9.17) is 4.74 Å². The minimum absolute atomic E-state index is 0.0509. The molecule has 0 N–H and O–H groups in total. The summed E-state index contributed by atoms with van der Waals surface area (Å²) in [6.07, 6.45) is 6.60. The Morgan fingerprint density at radius 2 is 1.58 bits per heavy atom. The van der Waals surface area contributed by atoms with Crippen LogP contribution in [0.4, 0.5) is 13.2 Å². The van der Waals surface area contributed by atoms with E-state index in [0.717, 1.165) is 37.7 Å². The number of ether oxygens (including phenoxy) is 1. The Labute approximate surface area is 153 Å². The van der Waals surface area contributed by atoms with Crippen molar-refractivity contribution in [1.29, 1.82) is 0 Å². The lowest BCUT2D eigenvalue weighted by atomic mass is 9.77. The van der Waals surface area contributed by atoms with E-state index in [9.17, 15) is 13.2 Å². The van der Waals surface area contributed by atoms with E-state index in [1.807, 2.05) is 0 Å². The zero-order valence-electron chi connectivity index (χ0n) is 15.3. The summed E-state index contributed by atoms with van der Waals surface area (Å²) in [5.74, 6) is -0.918. The number of rotatable bonds is 5. The maximum absolute atomic E-state index is 14.7. The predicted octanol–water partition coefficient (Wildman–Crippen LogP) is 6.85. The molecule has 3 rings (SSSR count). The molecule has 0 aromatic heterocycles. The van der Waals surface area contributed by atoms with Gasteiger partial charge in [-0.15, -0.1) is 0 Å². The van der Waals surface area contributed by atoms with Gasteiger partial charge in [0.05, 0.1) is 12.7 Å². The van der Waals surface area contributed by atoms with E-state index in [-0.39, 0.29) is 22.8 Å². The summed E-state index contributed by atoms with van der Waals surface area (Å²) in [6, 6.07) is 6.80. The van der Waals surface area contributed by atoms with Gasteiger partial charge in [-0.25, -0.2) is 13.2 Å². The van der Waals surface area contributed by atoms with Crippen LogP contribution in [0.1, 0.15) is 56.9 Å². The summed E-state index contributed by atoms with van der Waals surface area (Å²) < 4.78 is 48.1. The van der Waals surface area contributed by atoms with Gasteiger partial charge in [-0.1, -0.05) is 25.8 Å². The third-order valence-electron chi connectivity index (χ3n) is 5.52. The monoisotopic (exact) mass is 362 g/mol. The van der Waals surface area contributed by atoms with Crippen LogP contribution in [0.3, 0.4) is 0 Å². The third-order valence-corrected chi connectivity index (χ3v) is 5.52. The van der Waals surface area contributed by atoms with Crippen LogP contribution in [0.25, 0.3) is 11.1 Å². The van der Waals surface area contributed by atoms with Crippen molar-refractivity contribution in [3.63, 3.8) is 0 Å². The molecule has 1 aliphatic carbocycles. The minimum Gasteiger partial charge on any atom is -0.494 e. The molecule has 2 aromatic rings. The molecule has 4 heteroatoms. The summed E-state index contributed by atoms with van der Waals surface area (Å²) >= 11 is 0. The number of methoxy groups -OCH3 is 1. The second-order valence-electron chi connectivity index (χ2n) is 7.22. The van der Waals surface area contributed by atoms with Gasteiger partial charge < -0.3 is 4.74 Å². The van der Waals surface area contributed by atoms with E-state index >= 15 is 0 Å². The van der Waals surface area contributed by atoms with Gasteiger partial charge in [0.2, 0.25) is 0 Å². The lowest BCUT2D eigenvalue weighted by Crippen LogP contribution is -2.13. The molecular formula is C22H25F3O. The molecule has 0 radical (unpaired) electrons. The Morgan fingerprint density at radius 3 is 2.12 bits per heavy atom. The Balaban J connectivity index is 1.84. The Kier molecular flexibility index (Phi) is 5.90. The molecule has 1 aliphatic rings. The molecule has 1 nitrogen and oxygen atoms in total. The molecule has 0 amide bonds. The van der Waals surface area contributed by atoms with Crippen molar-refractivity contribution in [3.8, 4) is 16.9 Å². The number of halogens is 3. The molecule has 1 saturated carbocycles. The number of benzene rings is 2. The lowest BCUT2D eigenvalue weighted by molar-refractivity contribution is 0.307. The Morgan fingerprint density at radius 1 is 0.923 bits per heavy atom. The first-order valence-electron chi connectivity index (χ1n) is 9.36. The molecule has 0 heterocycles. The molecule has 0 atom stereocenters. The number of hydrogen-bond donors (Lipinski definition) is 0. The van der Waals surface area contributed by atoms with Crippen molar-refractivity contribution in [2.45, 2.75) is 51.4 Å². The van der Waals surface area contributed by atoms with Gasteiger partial charge >= 0.3 is 0 Å². The summed E-state index contributed by atoms with van der Waals surface area (Å²) in [6.45, 7) is 2.19. The zero-order chi connectivity index (χ0) is 18.7. The summed E-state index contributed by atoms with van der Waals surface area (Å²) in [5, 5.41) is 0. The summed E-state index contributed by atoms with van der Waals surface area (Å²) in [5.41, 5.74) is 0.708. The third kappa shape index (κ3) is 3.89. The molecule has 26 heavy (non-hydrogen) atoms. The quantitative estimate of drug-likeness (QED) is 0.565. The van der Waals surface area contributed by atoms with Gasteiger partial charge in [-0.3, -0.25) is 0 Å². The van der Waals surface area contributed by atoms with Crippen LogP contribution in [0.5, 0.6) is 5.75 Å². The highest BCUT2D eigenvalue weighted by Gasteiger charge is 2.24. The van der Waals surface area contributed by atoms with Crippen LogP contribution in [0, 0.1) is 23.4 Å². The molecular weight excluding hydrogens is 337 g/mol. The highest BCUT2D eigenvalue weighted by Crippen LogP contribution is 2.39. The second-order valence-corrected chi connectivity index (χ2v) is 7.22. The van der Waals surface area contributed by atoms with Crippen LogP contribution in [-0.2, 0) is 0 Å². The second kappa shape index (κ2) is 8.15. The maximum Gasteiger partial charge on any atom is 0.165 e. The van der Waals surface area contributed by atoms with Gasteiger partial charge in [0.25, 0.3) is 0 Å². The van der Waals surface area contributed by atoms with Crippen LogP contribution in [0.2, 0.25) is 0 Å². The van der Waals surface area contributed by atoms with Gasteiger partial charge in [-0.05, 0) is 72.9 Å². The van der Waals surface area contributed by atoms with E-state index in [0.29, 0.717) is 5.56 Å². The summed E-state index contributed by atoms with van der Waals surface area (Å²) in [7, 11) is 1.35. The Hall–Kier alpha value is -1.97. The molecule has 0 aliphatic heterocycles. The smallest absolute Gasteiger partial charge is 0.165 e. The highest BCUT2D eigenvalue weighted by atomic mass is 19.1. The molecule has 1 fully saturated rings. The first-order valence-corrected chi connectivity index (χ1v) is 9.36. The molecule has 0 saturated heterocycles. The largest absolute Gasteiger partial charge is 0.494 e. The lowest BCUT2D eigenvalue weighted by Gasteiger charge is -2.29. The van der Waals surface area contributed by atoms with Crippen molar-refractivity contribution in [1.82, 2.24) is 0 Å². The first-order chi connectivity index (χ1) is 12.5. The fourth-order valence-corrected chi connectivity index (χ4v) is 4.12. The van der Waals surface area contributed by atoms with E-state index in [1.54, 1.807) is 0 Å². The van der Waals surface area contributed by atoms with Crippen LogP contribution in [0.15, 0.2) is 30.3 Å². The van der Waals surface area contributed by atoms with E-state index in [2.05, 4.69) is 6.92 Å².